The van der Waals surface area contributed by atoms with Crippen molar-refractivity contribution in [2.45, 2.75) is 31.8 Å². The molecule has 4 unspecified atom stereocenters. The summed E-state index contributed by atoms with van der Waals surface area (Å²) < 4.78 is 6.24. The lowest BCUT2D eigenvalue weighted by atomic mass is 9.66. The van der Waals surface area contributed by atoms with E-state index in [2.05, 4.69) is 22.9 Å². The second-order valence-electron chi connectivity index (χ2n) is 5.76. The lowest BCUT2D eigenvalue weighted by Crippen LogP contribution is -2.52. The van der Waals surface area contributed by atoms with Gasteiger partial charge in [-0.2, -0.15) is 0 Å². The van der Waals surface area contributed by atoms with Crippen LogP contribution in [-0.4, -0.2) is 35.6 Å². The monoisotopic (exact) mass is 230 g/mol. The van der Waals surface area contributed by atoms with Gasteiger partial charge >= 0.3 is 0 Å². The minimum absolute atomic E-state index is 0.333. The molecule has 4 heterocycles. The third-order valence-electron chi connectivity index (χ3n) is 5.10. The fraction of sp³-hybridized carbons (Fsp3) is 0.643. The molecule has 1 spiro atoms. The molecule has 4 atom stereocenters. The molecule has 4 rings (SSSR count). The van der Waals surface area contributed by atoms with Gasteiger partial charge in [-0.1, -0.05) is 6.92 Å². The van der Waals surface area contributed by atoms with Gasteiger partial charge in [-0.15, -0.1) is 0 Å². The Kier molecular flexibility index (Phi) is 1.88. The van der Waals surface area contributed by atoms with Gasteiger partial charge in [-0.3, -0.25) is 4.98 Å². The Hall–Kier alpha value is -1.09. The van der Waals surface area contributed by atoms with Gasteiger partial charge in [0.2, 0.25) is 0 Å². The third kappa shape index (κ3) is 1.18. The summed E-state index contributed by atoms with van der Waals surface area (Å²) in [5.41, 5.74) is 1.51. The molecule has 0 radical (unpaired) electrons. The molecule has 3 aliphatic rings. The molecule has 1 aromatic heterocycles. The van der Waals surface area contributed by atoms with Gasteiger partial charge < -0.3 is 9.64 Å². The molecule has 90 valence electrons. The second-order valence-corrected chi connectivity index (χ2v) is 5.76. The third-order valence-corrected chi connectivity index (χ3v) is 5.10. The smallest absolute Gasteiger partial charge is 0.141 e. The van der Waals surface area contributed by atoms with Crippen molar-refractivity contribution in [3.63, 3.8) is 0 Å². The number of nitrogens with zero attached hydrogens (tertiary/aromatic N) is 2. The number of piperidine rings is 1. The standard InChI is InChI=1S/C14H18N2O/c1-10-13-11(3-2-6-15-13)17-12-4-7-16-8-5-14(10,12)9-16/h2-3,6,10,12H,4-5,7-9H2,1H3. The molecule has 0 aromatic carbocycles. The maximum Gasteiger partial charge on any atom is 0.141 e. The molecule has 0 aliphatic carbocycles. The molecule has 17 heavy (non-hydrogen) atoms. The van der Waals surface area contributed by atoms with E-state index in [4.69, 9.17) is 4.74 Å². The van der Waals surface area contributed by atoms with E-state index < -0.39 is 0 Å². The number of hydrogen-bond acceptors (Lipinski definition) is 3. The van der Waals surface area contributed by atoms with Gasteiger partial charge in [0.25, 0.3) is 0 Å². The Bertz CT molecular complexity index is 461. The molecule has 1 aromatic rings. The molecular weight excluding hydrogens is 212 g/mol. The first kappa shape index (κ1) is 9.89. The van der Waals surface area contributed by atoms with Crippen molar-refractivity contribution < 1.29 is 4.74 Å². The van der Waals surface area contributed by atoms with E-state index in [1.165, 1.54) is 38.2 Å². The SMILES string of the molecule is CC1c2ncccc2OC2CCN3CCC21C3. The van der Waals surface area contributed by atoms with Crippen LogP contribution in [0, 0.1) is 5.41 Å². The van der Waals surface area contributed by atoms with Crippen LogP contribution in [0.25, 0.3) is 0 Å². The van der Waals surface area contributed by atoms with E-state index >= 15 is 0 Å². The zero-order valence-electron chi connectivity index (χ0n) is 10.2. The van der Waals surface area contributed by atoms with Crippen molar-refractivity contribution in [2.75, 3.05) is 19.6 Å². The van der Waals surface area contributed by atoms with Gasteiger partial charge in [-0.05, 0) is 31.5 Å². The van der Waals surface area contributed by atoms with E-state index in [1.54, 1.807) is 0 Å². The minimum Gasteiger partial charge on any atom is -0.488 e. The maximum absolute atomic E-state index is 6.24. The lowest BCUT2D eigenvalue weighted by molar-refractivity contribution is -0.0196. The fourth-order valence-corrected chi connectivity index (χ4v) is 4.04. The quantitative estimate of drug-likeness (QED) is 0.682. The van der Waals surface area contributed by atoms with Crippen LogP contribution in [0.4, 0.5) is 0 Å². The Labute approximate surface area is 102 Å². The molecule has 2 saturated heterocycles. The summed E-state index contributed by atoms with van der Waals surface area (Å²) >= 11 is 0. The summed E-state index contributed by atoms with van der Waals surface area (Å²) in [6.45, 7) is 5.99. The minimum atomic E-state index is 0.333. The van der Waals surface area contributed by atoms with Crippen LogP contribution >= 0.6 is 0 Å². The maximum atomic E-state index is 6.24. The summed E-state index contributed by atoms with van der Waals surface area (Å²) in [4.78, 5) is 7.15. The predicted molar refractivity (Wildman–Crippen MR) is 65.2 cm³/mol. The summed E-state index contributed by atoms with van der Waals surface area (Å²) in [7, 11) is 0. The summed E-state index contributed by atoms with van der Waals surface area (Å²) in [6.07, 6.45) is 4.76. The lowest BCUT2D eigenvalue weighted by Gasteiger charge is -2.48. The van der Waals surface area contributed by atoms with E-state index in [0.717, 1.165) is 5.75 Å². The molecule has 3 aliphatic heterocycles. The van der Waals surface area contributed by atoms with Crippen molar-refractivity contribution in [3.05, 3.63) is 24.0 Å². The highest BCUT2D eigenvalue weighted by atomic mass is 16.5. The average molecular weight is 230 g/mol. The van der Waals surface area contributed by atoms with Crippen molar-refractivity contribution in [2.24, 2.45) is 5.41 Å². The molecule has 2 fully saturated rings. The van der Waals surface area contributed by atoms with Crippen LogP contribution in [0.1, 0.15) is 31.4 Å². The number of pyridine rings is 1. The zero-order valence-corrected chi connectivity index (χ0v) is 10.2. The number of aromatic nitrogens is 1. The number of rotatable bonds is 0. The van der Waals surface area contributed by atoms with E-state index in [-0.39, 0.29) is 0 Å². The van der Waals surface area contributed by atoms with Crippen LogP contribution in [0.3, 0.4) is 0 Å². The highest BCUT2D eigenvalue weighted by molar-refractivity contribution is 5.36. The van der Waals surface area contributed by atoms with Gasteiger partial charge in [0.05, 0.1) is 5.69 Å². The summed E-state index contributed by atoms with van der Waals surface area (Å²) in [5, 5.41) is 0. The highest BCUT2D eigenvalue weighted by Crippen LogP contribution is 2.54. The van der Waals surface area contributed by atoms with E-state index in [1.807, 2.05) is 12.3 Å². The number of fused-ring (bicyclic) bond motifs is 2. The van der Waals surface area contributed by atoms with Crippen molar-refractivity contribution in [1.29, 1.82) is 0 Å². The van der Waals surface area contributed by atoms with Gasteiger partial charge in [0, 0.05) is 30.6 Å². The topological polar surface area (TPSA) is 25.4 Å². The summed E-state index contributed by atoms with van der Waals surface area (Å²) in [6, 6.07) is 4.06. The average Bonchev–Trinajstić information content (AvgIpc) is 2.71. The molecule has 2 bridgehead atoms. The Morgan fingerprint density at radius 3 is 3.35 bits per heavy atom. The molecule has 0 saturated carbocycles. The van der Waals surface area contributed by atoms with E-state index in [9.17, 15) is 0 Å². The van der Waals surface area contributed by atoms with Crippen LogP contribution < -0.4 is 4.74 Å². The Balaban J connectivity index is 1.84. The molecular formula is C14H18N2O. The van der Waals surface area contributed by atoms with Crippen molar-refractivity contribution >= 4 is 0 Å². The molecule has 0 N–H and O–H groups in total. The van der Waals surface area contributed by atoms with Gasteiger partial charge in [0.15, 0.2) is 0 Å². The van der Waals surface area contributed by atoms with Crippen LogP contribution in [-0.2, 0) is 0 Å². The van der Waals surface area contributed by atoms with Gasteiger partial charge in [-0.25, -0.2) is 0 Å². The Morgan fingerprint density at radius 2 is 2.41 bits per heavy atom. The summed E-state index contributed by atoms with van der Waals surface area (Å²) in [5.74, 6) is 1.55. The second kappa shape index (κ2) is 3.22. The van der Waals surface area contributed by atoms with Crippen LogP contribution in [0.15, 0.2) is 18.3 Å². The predicted octanol–water partition coefficient (Wildman–Crippen LogP) is 2.04. The first-order valence-electron chi connectivity index (χ1n) is 6.63. The first-order valence-corrected chi connectivity index (χ1v) is 6.63. The largest absolute Gasteiger partial charge is 0.488 e. The van der Waals surface area contributed by atoms with Crippen LogP contribution in [0.5, 0.6) is 5.75 Å². The zero-order chi connectivity index (χ0) is 11.5. The number of hydrogen-bond donors (Lipinski definition) is 0. The molecule has 3 heteroatoms. The van der Waals surface area contributed by atoms with Gasteiger partial charge in [0.1, 0.15) is 11.9 Å². The van der Waals surface area contributed by atoms with Crippen LogP contribution in [0.2, 0.25) is 0 Å². The number of ether oxygens (including phenoxy) is 1. The molecule has 0 amide bonds. The van der Waals surface area contributed by atoms with Crippen molar-refractivity contribution in [3.8, 4) is 5.75 Å². The normalized spacial score (nSPS) is 42.5. The van der Waals surface area contributed by atoms with Crippen molar-refractivity contribution in [1.82, 2.24) is 9.88 Å². The Morgan fingerprint density at radius 1 is 1.47 bits per heavy atom. The molecule has 3 nitrogen and oxygen atoms in total. The fourth-order valence-electron chi connectivity index (χ4n) is 4.04. The first-order chi connectivity index (χ1) is 8.29. The van der Waals surface area contributed by atoms with E-state index in [0.29, 0.717) is 17.4 Å². The highest BCUT2D eigenvalue weighted by Gasteiger charge is 2.55.